The second-order valence-electron chi connectivity index (χ2n) is 4.21. The summed E-state index contributed by atoms with van der Waals surface area (Å²) in [5, 5.41) is 0. The number of thiazole rings is 1. The van der Waals surface area contributed by atoms with Crippen LogP contribution < -0.4 is 5.73 Å². The lowest BCUT2D eigenvalue weighted by Gasteiger charge is -2.10. The maximum absolute atomic E-state index is 6.14. The molecule has 2 nitrogen and oxygen atoms in total. The molecule has 1 aromatic heterocycles. The molecule has 1 heterocycles. The number of aryl methyl sites for hydroxylation is 2. The lowest BCUT2D eigenvalue weighted by Crippen LogP contribution is -2.12. The van der Waals surface area contributed by atoms with Crippen molar-refractivity contribution in [2.24, 2.45) is 5.73 Å². The van der Waals surface area contributed by atoms with E-state index in [-0.39, 0.29) is 6.04 Å². The number of rotatable bonds is 3. The van der Waals surface area contributed by atoms with E-state index < -0.39 is 0 Å². The Morgan fingerprint density at radius 3 is 2.50 bits per heavy atom. The summed E-state index contributed by atoms with van der Waals surface area (Å²) in [5.74, 6) is 0. The lowest BCUT2D eigenvalue weighted by atomic mass is 10.0. The molecule has 0 aliphatic heterocycles. The molecule has 0 spiro atoms. The van der Waals surface area contributed by atoms with Crippen molar-refractivity contribution >= 4 is 11.3 Å². The van der Waals surface area contributed by atoms with Gasteiger partial charge in [-0.15, -0.1) is 11.3 Å². The summed E-state index contributed by atoms with van der Waals surface area (Å²) >= 11 is 1.62. The fraction of sp³-hybridized carbons (Fsp3) is 0.308. The molecule has 84 valence electrons. The molecule has 0 bridgehead atoms. The molecule has 1 unspecified atom stereocenters. The molecule has 0 radical (unpaired) electrons. The Balaban J connectivity index is 2.15. The molecule has 2 aromatic rings. The topological polar surface area (TPSA) is 38.9 Å². The summed E-state index contributed by atoms with van der Waals surface area (Å²) in [6, 6.07) is 6.65. The number of nitrogens with two attached hydrogens (primary N) is 1. The smallest absolute Gasteiger partial charge is 0.0794 e. The van der Waals surface area contributed by atoms with Crippen molar-refractivity contribution in [3.8, 4) is 0 Å². The van der Waals surface area contributed by atoms with Crippen LogP contribution in [0.2, 0.25) is 0 Å². The molecule has 0 saturated heterocycles. The highest BCUT2D eigenvalue weighted by molar-refractivity contribution is 7.09. The van der Waals surface area contributed by atoms with Crippen LogP contribution in [0.5, 0.6) is 0 Å². The van der Waals surface area contributed by atoms with E-state index in [0.29, 0.717) is 0 Å². The van der Waals surface area contributed by atoms with Crippen molar-refractivity contribution in [1.82, 2.24) is 4.98 Å². The van der Waals surface area contributed by atoms with Crippen molar-refractivity contribution in [2.75, 3.05) is 0 Å². The van der Waals surface area contributed by atoms with Gasteiger partial charge >= 0.3 is 0 Å². The molecule has 0 aliphatic carbocycles. The standard InChI is InChI=1S/C13H16N2S/c1-9-3-10(2)5-11(4-9)6-12(14)13-7-15-8-16-13/h3-5,7-8,12H,6,14H2,1-2H3. The largest absolute Gasteiger partial charge is 0.323 e. The molecular weight excluding hydrogens is 216 g/mol. The Morgan fingerprint density at radius 2 is 1.94 bits per heavy atom. The Kier molecular flexibility index (Phi) is 3.36. The van der Waals surface area contributed by atoms with E-state index in [0.717, 1.165) is 11.3 Å². The first-order valence-electron chi connectivity index (χ1n) is 5.36. The van der Waals surface area contributed by atoms with Gasteiger partial charge in [0.15, 0.2) is 0 Å². The van der Waals surface area contributed by atoms with E-state index >= 15 is 0 Å². The predicted octanol–water partition coefficient (Wildman–Crippen LogP) is 3.00. The molecule has 16 heavy (non-hydrogen) atoms. The van der Waals surface area contributed by atoms with Crippen LogP contribution >= 0.6 is 11.3 Å². The highest BCUT2D eigenvalue weighted by Crippen LogP contribution is 2.20. The van der Waals surface area contributed by atoms with Gasteiger partial charge in [0, 0.05) is 17.1 Å². The molecule has 3 heteroatoms. The lowest BCUT2D eigenvalue weighted by molar-refractivity contribution is 0.733. The summed E-state index contributed by atoms with van der Waals surface area (Å²) in [5.41, 5.74) is 11.9. The number of nitrogens with zero attached hydrogens (tertiary/aromatic N) is 1. The van der Waals surface area contributed by atoms with Crippen molar-refractivity contribution in [1.29, 1.82) is 0 Å². The van der Waals surface area contributed by atoms with Crippen LogP contribution in [0, 0.1) is 13.8 Å². The second kappa shape index (κ2) is 4.76. The van der Waals surface area contributed by atoms with Gasteiger partial charge in [-0.3, -0.25) is 4.98 Å². The first kappa shape index (κ1) is 11.3. The van der Waals surface area contributed by atoms with Gasteiger partial charge < -0.3 is 5.73 Å². The highest BCUT2D eigenvalue weighted by Gasteiger charge is 2.09. The van der Waals surface area contributed by atoms with Crippen molar-refractivity contribution < 1.29 is 0 Å². The molecule has 1 atom stereocenters. The van der Waals surface area contributed by atoms with Crippen molar-refractivity contribution in [3.05, 3.63) is 51.5 Å². The molecule has 2 N–H and O–H groups in total. The third-order valence-electron chi connectivity index (χ3n) is 2.55. The first-order valence-corrected chi connectivity index (χ1v) is 6.24. The van der Waals surface area contributed by atoms with Crippen LogP contribution in [0.15, 0.2) is 29.9 Å². The highest BCUT2D eigenvalue weighted by atomic mass is 32.1. The number of aromatic nitrogens is 1. The van der Waals surface area contributed by atoms with Crippen molar-refractivity contribution in [3.63, 3.8) is 0 Å². The Labute approximate surface area is 100 Å². The normalized spacial score (nSPS) is 12.7. The van der Waals surface area contributed by atoms with Crippen LogP contribution in [0.3, 0.4) is 0 Å². The average Bonchev–Trinajstić information content (AvgIpc) is 2.68. The molecule has 0 saturated carbocycles. The Morgan fingerprint density at radius 1 is 1.25 bits per heavy atom. The Bertz CT molecular complexity index is 443. The number of hydrogen-bond acceptors (Lipinski definition) is 3. The summed E-state index contributed by atoms with van der Waals surface area (Å²) in [6.45, 7) is 4.24. The zero-order chi connectivity index (χ0) is 11.5. The van der Waals surface area contributed by atoms with Crippen LogP contribution in [0.4, 0.5) is 0 Å². The van der Waals surface area contributed by atoms with Crippen LogP contribution in [0.25, 0.3) is 0 Å². The molecule has 0 amide bonds. The van der Waals surface area contributed by atoms with Crippen LogP contribution in [-0.2, 0) is 6.42 Å². The van der Waals surface area contributed by atoms with E-state index in [4.69, 9.17) is 5.73 Å². The minimum Gasteiger partial charge on any atom is -0.323 e. The third-order valence-corrected chi connectivity index (χ3v) is 3.46. The van der Waals surface area contributed by atoms with Gasteiger partial charge in [0.1, 0.15) is 0 Å². The molecular formula is C13H16N2S. The second-order valence-corrected chi connectivity index (χ2v) is 5.13. The summed E-state index contributed by atoms with van der Waals surface area (Å²) < 4.78 is 0. The van der Waals surface area contributed by atoms with E-state index in [9.17, 15) is 0 Å². The summed E-state index contributed by atoms with van der Waals surface area (Å²) in [6.07, 6.45) is 2.74. The zero-order valence-electron chi connectivity index (χ0n) is 9.60. The maximum atomic E-state index is 6.14. The average molecular weight is 232 g/mol. The maximum Gasteiger partial charge on any atom is 0.0794 e. The SMILES string of the molecule is Cc1cc(C)cc(CC(N)c2cncs2)c1. The van der Waals surface area contributed by atoms with E-state index in [2.05, 4.69) is 37.0 Å². The zero-order valence-corrected chi connectivity index (χ0v) is 10.4. The Hall–Kier alpha value is -1.19. The number of benzene rings is 1. The summed E-state index contributed by atoms with van der Waals surface area (Å²) in [4.78, 5) is 5.21. The van der Waals surface area contributed by atoms with Gasteiger partial charge in [-0.25, -0.2) is 0 Å². The monoisotopic (exact) mass is 232 g/mol. The number of hydrogen-bond donors (Lipinski definition) is 1. The van der Waals surface area contributed by atoms with E-state index in [1.807, 2.05) is 11.7 Å². The molecule has 0 fully saturated rings. The van der Waals surface area contributed by atoms with Gasteiger partial charge in [0.25, 0.3) is 0 Å². The molecule has 2 rings (SSSR count). The van der Waals surface area contributed by atoms with Gasteiger partial charge in [0.2, 0.25) is 0 Å². The van der Waals surface area contributed by atoms with Gasteiger partial charge in [-0.05, 0) is 25.8 Å². The predicted molar refractivity (Wildman–Crippen MR) is 68.7 cm³/mol. The van der Waals surface area contributed by atoms with E-state index in [1.165, 1.54) is 16.7 Å². The first-order chi connectivity index (χ1) is 7.65. The third kappa shape index (κ3) is 2.68. The van der Waals surface area contributed by atoms with Crippen LogP contribution in [0.1, 0.15) is 27.6 Å². The molecule has 0 aliphatic rings. The van der Waals surface area contributed by atoms with Gasteiger partial charge in [0.05, 0.1) is 5.51 Å². The van der Waals surface area contributed by atoms with Gasteiger partial charge in [-0.1, -0.05) is 29.3 Å². The van der Waals surface area contributed by atoms with Gasteiger partial charge in [-0.2, -0.15) is 0 Å². The minimum absolute atomic E-state index is 0.0636. The van der Waals surface area contributed by atoms with Crippen LogP contribution in [-0.4, -0.2) is 4.98 Å². The summed E-state index contributed by atoms with van der Waals surface area (Å²) in [7, 11) is 0. The van der Waals surface area contributed by atoms with E-state index in [1.54, 1.807) is 11.3 Å². The molecule has 1 aromatic carbocycles. The van der Waals surface area contributed by atoms with Crippen molar-refractivity contribution in [2.45, 2.75) is 26.3 Å². The quantitative estimate of drug-likeness (QED) is 0.883. The fourth-order valence-corrected chi connectivity index (χ4v) is 2.57. The minimum atomic E-state index is 0.0636. The fourth-order valence-electron chi connectivity index (χ4n) is 1.95.